The van der Waals surface area contributed by atoms with Crippen molar-refractivity contribution < 1.29 is 18.3 Å². The lowest BCUT2D eigenvalue weighted by Gasteiger charge is -2.18. The van der Waals surface area contributed by atoms with E-state index in [1.807, 2.05) is 4.57 Å². The van der Waals surface area contributed by atoms with Crippen molar-refractivity contribution >= 4 is 22.4 Å². The number of aliphatic imine (C=N–C) groups is 1. The van der Waals surface area contributed by atoms with E-state index < -0.39 is 11.7 Å². The van der Waals surface area contributed by atoms with Crippen molar-refractivity contribution in [2.24, 2.45) is 4.99 Å². The summed E-state index contributed by atoms with van der Waals surface area (Å²) in [5.74, 6) is 1.42. The Morgan fingerprint density at radius 2 is 1.93 bits per heavy atom. The first-order valence-electron chi connectivity index (χ1n) is 9.07. The van der Waals surface area contributed by atoms with E-state index in [1.54, 1.807) is 24.7 Å². The van der Waals surface area contributed by atoms with Crippen LogP contribution in [-0.4, -0.2) is 38.6 Å². The van der Waals surface area contributed by atoms with Crippen molar-refractivity contribution in [3.8, 4) is 5.69 Å². The average molecular weight is 401 g/mol. The van der Waals surface area contributed by atoms with Gasteiger partial charge in [0.15, 0.2) is 0 Å². The van der Waals surface area contributed by atoms with Gasteiger partial charge in [0.1, 0.15) is 11.7 Å². The summed E-state index contributed by atoms with van der Waals surface area (Å²) in [4.78, 5) is 13.1. The van der Waals surface area contributed by atoms with Crippen LogP contribution in [-0.2, 0) is 6.18 Å². The fourth-order valence-electron chi connectivity index (χ4n) is 3.25. The number of allylic oxidation sites excluding steroid dienone is 1. The summed E-state index contributed by atoms with van der Waals surface area (Å²) in [5, 5.41) is 12.0. The molecule has 9 heteroatoms. The number of aliphatic hydroxyl groups excluding tert-OH is 1. The van der Waals surface area contributed by atoms with Crippen molar-refractivity contribution in [3.05, 3.63) is 60.3 Å². The summed E-state index contributed by atoms with van der Waals surface area (Å²) in [6.07, 6.45) is 2.00. The molecule has 0 spiro atoms. The molecule has 0 unspecified atom stereocenters. The van der Waals surface area contributed by atoms with Crippen LogP contribution in [0.3, 0.4) is 0 Å². The molecule has 0 bridgehead atoms. The van der Waals surface area contributed by atoms with Gasteiger partial charge >= 0.3 is 6.18 Å². The Labute approximate surface area is 164 Å². The molecule has 150 valence electrons. The molecule has 3 heterocycles. The molecule has 6 nitrogen and oxygen atoms in total. The molecule has 3 aromatic rings. The van der Waals surface area contributed by atoms with Gasteiger partial charge in [0.05, 0.1) is 35.9 Å². The Morgan fingerprint density at radius 1 is 1.14 bits per heavy atom. The smallest absolute Gasteiger partial charge is 0.394 e. The van der Waals surface area contributed by atoms with Gasteiger partial charge in [-0.25, -0.2) is 4.98 Å². The number of pyridine rings is 1. The summed E-state index contributed by atoms with van der Waals surface area (Å²) in [5.41, 5.74) is 2.19. The summed E-state index contributed by atoms with van der Waals surface area (Å²) in [6, 6.07) is 6.77. The van der Waals surface area contributed by atoms with Crippen LogP contribution in [0.4, 0.5) is 13.2 Å². The first-order valence-corrected chi connectivity index (χ1v) is 9.07. The molecule has 0 atom stereocenters. The molecule has 0 saturated heterocycles. The highest BCUT2D eigenvalue weighted by Gasteiger charge is 2.30. The zero-order valence-corrected chi connectivity index (χ0v) is 15.3. The van der Waals surface area contributed by atoms with Gasteiger partial charge in [-0.1, -0.05) is 0 Å². The third kappa shape index (κ3) is 3.86. The Hall–Kier alpha value is -3.20. The fraction of sp³-hybridized carbons (Fsp3) is 0.250. The van der Waals surface area contributed by atoms with Crippen LogP contribution in [0.1, 0.15) is 24.2 Å². The highest BCUT2D eigenvalue weighted by atomic mass is 19.4. The number of amidine groups is 1. The number of nitrogens with zero attached hydrogens (tertiary/aromatic N) is 4. The predicted molar refractivity (Wildman–Crippen MR) is 104 cm³/mol. The number of aliphatic hydroxyl groups is 1. The van der Waals surface area contributed by atoms with Gasteiger partial charge in [-0.15, -0.1) is 0 Å². The summed E-state index contributed by atoms with van der Waals surface area (Å²) in [7, 11) is 0. The number of rotatable bonds is 4. The third-order valence-corrected chi connectivity index (χ3v) is 4.64. The topological polar surface area (TPSA) is 75.3 Å². The third-order valence-electron chi connectivity index (χ3n) is 4.64. The maximum absolute atomic E-state index is 12.9. The van der Waals surface area contributed by atoms with Crippen LogP contribution in [0.15, 0.2) is 53.9 Å². The first-order chi connectivity index (χ1) is 14.0. The number of imidazole rings is 1. The van der Waals surface area contributed by atoms with Crippen molar-refractivity contribution in [1.82, 2.24) is 19.9 Å². The molecule has 1 aliphatic heterocycles. The maximum Gasteiger partial charge on any atom is 0.416 e. The van der Waals surface area contributed by atoms with Gasteiger partial charge < -0.3 is 10.4 Å². The van der Waals surface area contributed by atoms with E-state index in [0.717, 1.165) is 23.5 Å². The van der Waals surface area contributed by atoms with Gasteiger partial charge in [0, 0.05) is 30.1 Å². The lowest BCUT2D eigenvalue weighted by molar-refractivity contribution is -0.137. The Balaban J connectivity index is 1.77. The standard InChI is InChI=1S/C20H18F3N5O/c21-20(22,23)14-2-4-15(5-3-14)28-17-12-24-8-7-16(17)27-19(28)13-1-6-18(26-11-13)25-9-10-29/h2-5,7-8,11-12,29H,1,6,9-10H2,(H,25,26). The molecule has 1 aromatic carbocycles. The van der Waals surface area contributed by atoms with Crippen LogP contribution in [0.5, 0.6) is 0 Å². The minimum atomic E-state index is -4.39. The van der Waals surface area contributed by atoms with E-state index in [4.69, 9.17) is 5.11 Å². The number of benzene rings is 1. The van der Waals surface area contributed by atoms with E-state index in [-0.39, 0.29) is 6.61 Å². The summed E-state index contributed by atoms with van der Waals surface area (Å²) < 4.78 is 40.6. The molecule has 4 rings (SSSR count). The van der Waals surface area contributed by atoms with Crippen LogP contribution >= 0.6 is 0 Å². The van der Waals surface area contributed by atoms with Gasteiger partial charge in [0.2, 0.25) is 0 Å². The number of hydrogen-bond acceptors (Lipinski definition) is 4. The molecule has 0 aliphatic carbocycles. The number of aromatic nitrogens is 3. The van der Waals surface area contributed by atoms with Gasteiger partial charge in [0.25, 0.3) is 0 Å². The Morgan fingerprint density at radius 3 is 2.59 bits per heavy atom. The van der Waals surface area contributed by atoms with Crippen molar-refractivity contribution in [3.63, 3.8) is 0 Å². The van der Waals surface area contributed by atoms with Crippen LogP contribution in [0.25, 0.3) is 22.3 Å². The zero-order chi connectivity index (χ0) is 20.4. The fourth-order valence-corrected chi connectivity index (χ4v) is 3.25. The van der Waals surface area contributed by atoms with Crippen LogP contribution in [0.2, 0.25) is 0 Å². The number of nitrogens with one attached hydrogen (secondary N) is 1. The number of halogens is 3. The minimum Gasteiger partial charge on any atom is -0.394 e. The second-order valence-electron chi connectivity index (χ2n) is 6.55. The Bertz CT molecular complexity index is 1080. The summed E-state index contributed by atoms with van der Waals surface area (Å²) >= 11 is 0. The van der Waals surface area contributed by atoms with E-state index in [0.29, 0.717) is 41.9 Å². The average Bonchev–Trinajstić information content (AvgIpc) is 3.11. The van der Waals surface area contributed by atoms with E-state index in [2.05, 4.69) is 20.3 Å². The van der Waals surface area contributed by atoms with Crippen LogP contribution < -0.4 is 5.32 Å². The second-order valence-corrected chi connectivity index (χ2v) is 6.55. The summed E-state index contributed by atoms with van der Waals surface area (Å²) in [6.45, 7) is 0.319. The molecule has 29 heavy (non-hydrogen) atoms. The van der Waals surface area contributed by atoms with Crippen molar-refractivity contribution in [1.29, 1.82) is 0 Å². The highest BCUT2D eigenvalue weighted by molar-refractivity contribution is 5.89. The monoisotopic (exact) mass is 401 g/mol. The maximum atomic E-state index is 12.9. The largest absolute Gasteiger partial charge is 0.416 e. The van der Waals surface area contributed by atoms with E-state index in [1.165, 1.54) is 12.1 Å². The highest BCUT2D eigenvalue weighted by Crippen LogP contribution is 2.32. The molecule has 1 aliphatic rings. The number of hydrogen-bond donors (Lipinski definition) is 2. The molecule has 0 radical (unpaired) electrons. The van der Waals surface area contributed by atoms with Gasteiger partial charge in [-0.05, 0) is 36.8 Å². The SMILES string of the molecule is OCCN=C1CCC(c2nc3ccncc3n2-c2ccc(C(F)(F)F)cc2)=CN1. The van der Waals surface area contributed by atoms with E-state index in [9.17, 15) is 13.2 Å². The van der Waals surface area contributed by atoms with Gasteiger partial charge in [-0.3, -0.25) is 14.5 Å². The first kappa shape index (κ1) is 19.1. The van der Waals surface area contributed by atoms with E-state index >= 15 is 0 Å². The molecule has 0 saturated carbocycles. The van der Waals surface area contributed by atoms with Crippen molar-refractivity contribution in [2.75, 3.05) is 13.2 Å². The Kier molecular flexibility index (Phi) is 5.06. The predicted octanol–water partition coefficient (Wildman–Crippen LogP) is 3.55. The lowest BCUT2D eigenvalue weighted by Crippen LogP contribution is -2.23. The lowest BCUT2D eigenvalue weighted by atomic mass is 10.1. The van der Waals surface area contributed by atoms with Crippen molar-refractivity contribution in [2.45, 2.75) is 19.0 Å². The molecular formula is C20H18F3N5O. The van der Waals surface area contributed by atoms with Crippen LogP contribution in [0, 0.1) is 0 Å². The molecule has 0 fully saturated rings. The molecule has 2 N–H and O–H groups in total. The molecule has 0 amide bonds. The molecule has 2 aromatic heterocycles. The minimum absolute atomic E-state index is 0.0154. The quantitative estimate of drug-likeness (QED) is 0.701. The van der Waals surface area contributed by atoms with Gasteiger partial charge in [-0.2, -0.15) is 13.2 Å². The molecular weight excluding hydrogens is 383 g/mol. The number of alkyl halides is 3. The normalized spacial score (nSPS) is 16.1. The zero-order valence-electron chi connectivity index (χ0n) is 15.3. The number of fused-ring (bicyclic) bond motifs is 1. The second kappa shape index (κ2) is 7.67.